The average molecular weight is 254 g/mol. The van der Waals surface area contributed by atoms with Crippen LogP contribution in [0.2, 0.25) is 0 Å². The van der Waals surface area contributed by atoms with E-state index in [2.05, 4.69) is 15.2 Å². The molecule has 0 radical (unpaired) electrons. The van der Waals surface area contributed by atoms with Gasteiger partial charge in [0, 0.05) is 19.2 Å². The van der Waals surface area contributed by atoms with Gasteiger partial charge in [-0.15, -0.1) is 0 Å². The highest BCUT2D eigenvalue weighted by molar-refractivity contribution is 5.61. The molecule has 1 rings (SSSR count). The molecule has 102 valence electrons. The second kappa shape index (κ2) is 7.73. The fourth-order valence-corrected chi connectivity index (χ4v) is 1.30. The van der Waals surface area contributed by atoms with Gasteiger partial charge in [0.05, 0.1) is 26.0 Å². The van der Waals surface area contributed by atoms with Gasteiger partial charge >= 0.3 is 0 Å². The molecule has 0 aliphatic rings. The Kier molecular flexibility index (Phi) is 6.24. The Morgan fingerprint density at radius 1 is 1.33 bits per heavy atom. The molecule has 18 heavy (non-hydrogen) atoms. The monoisotopic (exact) mass is 254 g/mol. The van der Waals surface area contributed by atoms with Crippen molar-refractivity contribution in [1.82, 2.24) is 9.88 Å². The van der Waals surface area contributed by atoms with Crippen LogP contribution in [0.25, 0.3) is 0 Å². The van der Waals surface area contributed by atoms with Crippen LogP contribution in [-0.4, -0.2) is 57.4 Å². The Morgan fingerprint density at radius 3 is 2.78 bits per heavy atom. The predicted octanol–water partition coefficient (Wildman–Crippen LogP) is 0.663. The molecule has 0 bridgehead atoms. The van der Waals surface area contributed by atoms with Crippen molar-refractivity contribution in [1.29, 1.82) is 0 Å². The van der Waals surface area contributed by atoms with Crippen molar-refractivity contribution in [2.45, 2.75) is 0 Å². The molecule has 0 aliphatic heterocycles. The summed E-state index contributed by atoms with van der Waals surface area (Å²) in [5.74, 6) is 1.17. The highest BCUT2D eigenvalue weighted by atomic mass is 16.5. The minimum absolute atomic E-state index is 0.542. The molecule has 1 aromatic heterocycles. The van der Waals surface area contributed by atoms with Gasteiger partial charge in [-0.05, 0) is 20.2 Å². The number of ether oxygens (including phenoxy) is 2. The number of nitrogens with one attached hydrogen (secondary N) is 1. The zero-order valence-electron chi connectivity index (χ0n) is 11.3. The van der Waals surface area contributed by atoms with E-state index < -0.39 is 0 Å². The van der Waals surface area contributed by atoms with Gasteiger partial charge in [0.25, 0.3) is 0 Å². The van der Waals surface area contributed by atoms with Crippen LogP contribution < -0.4 is 15.8 Å². The van der Waals surface area contributed by atoms with Crippen molar-refractivity contribution in [3.8, 4) is 5.88 Å². The average Bonchev–Trinajstić information content (AvgIpc) is 2.35. The Bertz CT molecular complexity index is 358. The number of nitrogens with two attached hydrogens (primary N) is 1. The molecule has 0 amide bonds. The molecule has 0 unspecified atom stereocenters. The van der Waals surface area contributed by atoms with E-state index in [1.165, 1.54) is 0 Å². The quantitative estimate of drug-likeness (QED) is 0.664. The summed E-state index contributed by atoms with van der Waals surface area (Å²) in [5, 5.41) is 3.12. The number of hydrogen-bond acceptors (Lipinski definition) is 6. The molecule has 0 atom stereocenters. The molecule has 3 N–H and O–H groups in total. The van der Waals surface area contributed by atoms with Gasteiger partial charge in [-0.2, -0.15) is 4.98 Å². The van der Waals surface area contributed by atoms with E-state index >= 15 is 0 Å². The van der Waals surface area contributed by atoms with Crippen molar-refractivity contribution in [2.75, 3.05) is 58.6 Å². The first kappa shape index (κ1) is 14.5. The van der Waals surface area contributed by atoms with Crippen LogP contribution in [0.5, 0.6) is 5.88 Å². The van der Waals surface area contributed by atoms with Crippen molar-refractivity contribution in [3.63, 3.8) is 0 Å². The van der Waals surface area contributed by atoms with Gasteiger partial charge in [-0.3, -0.25) is 0 Å². The largest absolute Gasteiger partial charge is 0.481 e. The minimum Gasteiger partial charge on any atom is -0.481 e. The summed E-state index contributed by atoms with van der Waals surface area (Å²) in [4.78, 5) is 6.29. The third-order valence-corrected chi connectivity index (χ3v) is 2.33. The van der Waals surface area contributed by atoms with Crippen molar-refractivity contribution < 1.29 is 9.47 Å². The van der Waals surface area contributed by atoms with E-state index in [4.69, 9.17) is 15.2 Å². The van der Waals surface area contributed by atoms with Crippen molar-refractivity contribution in [3.05, 3.63) is 12.1 Å². The maximum atomic E-state index is 5.80. The third-order valence-electron chi connectivity index (χ3n) is 2.33. The van der Waals surface area contributed by atoms with Crippen LogP contribution in [-0.2, 0) is 4.74 Å². The number of nitrogens with zero attached hydrogens (tertiary/aromatic N) is 2. The van der Waals surface area contributed by atoms with Crippen LogP contribution in [0.3, 0.4) is 0 Å². The molecular weight excluding hydrogens is 232 g/mol. The summed E-state index contributed by atoms with van der Waals surface area (Å²) in [7, 11) is 5.61. The van der Waals surface area contributed by atoms with Crippen LogP contribution in [0.1, 0.15) is 0 Å². The van der Waals surface area contributed by atoms with Crippen molar-refractivity contribution >= 4 is 11.5 Å². The smallest absolute Gasteiger partial charge is 0.215 e. The molecule has 6 heteroatoms. The summed E-state index contributed by atoms with van der Waals surface area (Å²) in [5.41, 5.74) is 6.40. The summed E-state index contributed by atoms with van der Waals surface area (Å²) < 4.78 is 10.5. The Labute approximate surface area is 108 Å². The van der Waals surface area contributed by atoms with E-state index in [9.17, 15) is 0 Å². The second-order valence-electron chi connectivity index (χ2n) is 4.13. The highest BCUT2D eigenvalue weighted by Crippen LogP contribution is 2.18. The van der Waals surface area contributed by atoms with Gasteiger partial charge in [-0.1, -0.05) is 0 Å². The molecule has 1 heterocycles. The highest BCUT2D eigenvalue weighted by Gasteiger charge is 2.02. The minimum atomic E-state index is 0.542. The summed E-state index contributed by atoms with van der Waals surface area (Å²) >= 11 is 0. The fourth-order valence-electron chi connectivity index (χ4n) is 1.30. The molecule has 0 spiro atoms. The van der Waals surface area contributed by atoms with Crippen LogP contribution in [0.15, 0.2) is 12.1 Å². The molecule has 0 aliphatic carbocycles. The first-order valence-electron chi connectivity index (χ1n) is 5.90. The molecule has 1 aromatic rings. The number of aromatic nitrogens is 1. The maximum absolute atomic E-state index is 5.80. The number of likely N-dealkylation sites (N-methyl/N-ethyl adjacent to an activating group) is 1. The maximum Gasteiger partial charge on any atom is 0.215 e. The van der Waals surface area contributed by atoms with E-state index in [-0.39, 0.29) is 0 Å². The summed E-state index contributed by atoms with van der Waals surface area (Å²) in [6.07, 6.45) is 0. The molecule has 0 aromatic carbocycles. The molecule has 0 saturated heterocycles. The predicted molar refractivity (Wildman–Crippen MR) is 73.1 cm³/mol. The molecule has 0 saturated carbocycles. The number of methoxy groups -OCH3 is 1. The SMILES string of the molecule is COc1ccc(N)c(NCCOCCN(C)C)n1. The lowest BCUT2D eigenvalue weighted by molar-refractivity contribution is 0.126. The molecule has 0 fully saturated rings. The van der Waals surface area contributed by atoms with E-state index in [1.807, 2.05) is 14.1 Å². The zero-order chi connectivity index (χ0) is 13.4. The first-order valence-corrected chi connectivity index (χ1v) is 5.90. The van der Waals surface area contributed by atoms with Gasteiger partial charge in [-0.25, -0.2) is 0 Å². The standard InChI is InChI=1S/C12H22N4O2/c1-16(2)7-9-18-8-6-14-12-10(13)4-5-11(15-12)17-3/h4-5H,6-9,13H2,1-3H3,(H,14,15). The lowest BCUT2D eigenvalue weighted by Gasteiger charge is -2.11. The fraction of sp³-hybridized carbons (Fsp3) is 0.583. The van der Waals surface area contributed by atoms with E-state index in [0.717, 1.165) is 13.2 Å². The normalized spacial score (nSPS) is 10.7. The number of anilines is 2. The topological polar surface area (TPSA) is 72.6 Å². The van der Waals surface area contributed by atoms with E-state index in [1.54, 1.807) is 19.2 Å². The van der Waals surface area contributed by atoms with Crippen LogP contribution >= 0.6 is 0 Å². The van der Waals surface area contributed by atoms with Gasteiger partial charge in [0.2, 0.25) is 5.88 Å². The number of nitrogen functional groups attached to an aromatic ring is 1. The van der Waals surface area contributed by atoms with Crippen LogP contribution in [0.4, 0.5) is 11.5 Å². The lowest BCUT2D eigenvalue weighted by Crippen LogP contribution is -2.20. The number of rotatable bonds is 8. The zero-order valence-corrected chi connectivity index (χ0v) is 11.3. The Balaban J connectivity index is 2.26. The third kappa shape index (κ3) is 5.20. The second-order valence-corrected chi connectivity index (χ2v) is 4.13. The van der Waals surface area contributed by atoms with Gasteiger partial charge in [0.1, 0.15) is 0 Å². The Hall–Kier alpha value is -1.53. The Morgan fingerprint density at radius 2 is 2.11 bits per heavy atom. The summed E-state index contributed by atoms with van der Waals surface area (Å²) in [6.45, 7) is 2.92. The lowest BCUT2D eigenvalue weighted by atomic mass is 10.4. The summed E-state index contributed by atoms with van der Waals surface area (Å²) in [6, 6.07) is 3.50. The van der Waals surface area contributed by atoms with Crippen molar-refractivity contribution in [2.24, 2.45) is 0 Å². The molecule has 6 nitrogen and oxygen atoms in total. The number of pyridine rings is 1. The van der Waals surface area contributed by atoms with Crippen LogP contribution in [0, 0.1) is 0 Å². The van der Waals surface area contributed by atoms with E-state index in [0.29, 0.717) is 30.5 Å². The number of hydrogen-bond donors (Lipinski definition) is 2. The molecular formula is C12H22N4O2. The first-order chi connectivity index (χ1) is 8.63. The van der Waals surface area contributed by atoms with Gasteiger partial charge in [0.15, 0.2) is 5.82 Å². The van der Waals surface area contributed by atoms with Gasteiger partial charge < -0.3 is 25.4 Å².